The molecule has 2 heterocycles. The van der Waals surface area contributed by atoms with Crippen LogP contribution in [0.1, 0.15) is 49.1 Å². The highest BCUT2D eigenvalue weighted by atomic mass is 16.5. The number of carbonyl (C=O) groups is 3. The Labute approximate surface area is 198 Å². The Morgan fingerprint density at radius 3 is 2.12 bits per heavy atom. The molecule has 3 N–H and O–H groups in total. The lowest BCUT2D eigenvalue weighted by molar-refractivity contribution is -0.122. The molecule has 3 amide bonds. The Morgan fingerprint density at radius 1 is 0.941 bits per heavy atom. The number of nitrogens with zero attached hydrogens (tertiary/aromatic N) is 1. The van der Waals surface area contributed by atoms with E-state index in [2.05, 4.69) is 34.9 Å². The molecule has 5 rings (SSSR count). The summed E-state index contributed by atoms with van der Waals surface area (Å²) in [5, 5.41) is 15.0. The van der Waals surface area contributed by atoms with Crippen LogP contribution in [0.4, 0.5) is 9.59 Å². The molecule has 1 aliphatic carbocycles. The molecule has 8 heteroatoms. The van der Waals surface area contributed by atoms with E-state index >= 15 is 0 Å². The second-order valence-electron chi connectivity index (χ2n) is 9.31. The van der Waals surface area contributed by atoms with E-state index in [1.165, 1.54) is 11.1 Å². The molecular formula is C26H29N3O5. The first-order chi connectivity index (χ1) is 16.5. The van der Waals surface area contributed by atoms with Gasteiger partial charge in [-0.25, -0.2) is 9.59 Å². The summed E-state index contributed by atoms with van der Waals surface area (Å²) in [4.78, 5) is 37.6. The van der Waals surface area contributed by atoms with Crippen molar-refractivity contribution >= 4 is 18.1 Å². The molecule has 8 nitrogen and oxygen atoms in total. The molecular weight excluding hydrogens is 434 g/mol. The predicted molar refractivity (Wildman–Crippen MR) is 126 cm³/mol. The molecule has 3 aliphatic rings. The van der Waals surface area contributed by atoms with Gasteiger partial charge in [0.15, 0.2) is 0 Å². The van der Waals surface area contributed by atoms with Crippen LogP contribution in [0.25, 0.3) is 11.1 Å². The van der Waals surface area contributed by atoms with Gasteiger partial charge in [-0.3, -0.25) is 4.79 Å². The second kappa shape index (κ2) is 9.37. The number of amides is 3. The Bertz CT molecular complexity index is 1040. The summed E-state index contributed by atoms with van der Waals surface area (Å²) >= 11 is 0. The zero-order valence-corrected chi connectivity index (χ0v) is 18.9. The average Bonchev–Trinajstić information content (AvgIpc) is 3.29. The third-order valence-corrected chi connectivity index (χ3v) is 7.28. The molecule has 0 aromatic heterocycles. The third-order valence-electron chi connectivity index (χ3n) is 7.28. The number of fused-ring (bicyclic) bond motifs is 5. The number of piperidine rings is 1. The quantitative estimate of drug-likeness (QED) is 0.605. The Kier molecular flexibility index (Phi) is 6.13. The molecule has 2 atom stereocenters. The van der Waals surface area contributed by atoms with E-state index in [4.69, 9.17) is 4.74 Å². The van der Waals surface area contributed by atoms with Crippen molar-refractivity contribution in [2.45, 2.75) is 56.1 Å². The largest absolute Gasteiger partial charge is 0.465 e. The van der Waals surface area contributed by atoms with E-state index < -0.39 is 12.2 Å². The summed E-state index contributed by atoms with van der Waals surface area (Å²) in [6.45, 7) is 0.417. The van der Waals surface area contributed by atoms with Crippen molar-refractivity contribution in [2.75, 3.05) is 13.2 Å². The van der Waals surface area contributed by atoms with Gasteiger partial charge in [0.2, 0.25) is 5.91 Å². The van der Waals surface area contributed by atoms with Crippen LogP contribution in [0.2, 0.25) is 0 Å². The molecule has 2 bridgehead atoms. The molecule has 0 saturated carbocycles. The standard InChI is InChI=1S/C26H29N3O5/c30-24(28-16-13-17-9-10-18(14-16)29(17)26(32)33)11-12-27-25(31)34-15-23-21-7-3-1-5-19(21)20-6-2-4-8-22(20)23/h1-8,16-18,23H,9-15H2,(H,27,31)(H,28,30)(H,32,33). The molecule has 2 saturated heterocycles. The lowest BCUT2D eigenvalue weighted by atomic mass is 9.97. The first-order valence-corrected chi connectivity index (χ1v) is 11.9. The highest BCUT2D eigenvalue weighted by Crippen LogP contribution is 2.44. The lowest BCUT2D eigenvalue weighted by Gasteiger charge is -2.37. The maximum absolute atomic E-state index is 12.4. The molecule has 2 aromatic carbocycles. The summed E-state index contributed by atoms with van der Waals surface area (Å²) in [6, 6.07) is 16.3. The van der Waals surface area contributed by atoms with Crippen LogP contribution in [0.3, 0.4) is 0 Å². The van der Waals surface area contributed by atoms with Crippen LogP contribution in [0, 0.1) is 0 Å². The van der Waals surface area contributed by atoms with Crippen molar-refractivity contribution in [3.63, 3.8) is 0 Å². The van der Waals surface area contributed by atoms with Crippen molar-refractivity contribution in [3.8, 4) is 11.1 Å². The molecule has 2 aromatic rings. The van der Waals surface area contributed by atoms with E-state index in [1.807, 2.05) is 24.3 Å². The van der Waals surface area contributed by atoms with Gasteiger partial charge in [-0.2, -0.15) is 0 Å². The van der Waals surface area contributed by atoms with Gasteiger partial charge in [0.05, 0.1) is 0 Å². The van der Waals surface area contributed by atoms with E-state index in [1.54, 1.807) is 4.90 Å². The number of nitrogens with one attached hydrogen (secondary N) is 2. The minimum atomic E-state index is -0.871. The summed E-state index contributed by atoms with van der Waals surface area (Å²) in [5.74, 6) is -0.152. The summed E-state index contributed by atoms with van der Waals surface area (Å²) in [6.07, 6.45) is 1.74. The topological polar surface area (TPSA) is 108 Å². The van der Waals surface area contributed by atoms with Crippen molar-refractivity contribution in [1.82, 2.24) is 15.5 Å². The number of carbonyl (C=O) groups excluding carboxylic acids is 2. The lowest BCUT2D eigenvalue weighted by Crippen LogP contribution is -2.52. The maximum Gasteiger partial charge on any atom is 0.407 e. The van der Waals surface area contributed by atoms with E-state index in [0.29, 0.717) is 12.8 Å². The van der Waals surface area contributed by atoms with Crippen LogP contribution < -0.4 is 10.6 Å². The number of hydrogen-bond donors (Lipinski definition) is 3. The monoisotopic (exact) mass is 463 g/mol. The van der Waals surface area contributed by atoms with Gasteiger partial charge in [0.1, 0.15) is 6.61 Å². The van der Waals surface area contributed by atoms with Crippen LogP contribution in [0.5, 0.6) is 0 Å². The number of benzene rings is 2. The van der Waals surface area contributed by atoms with Gasteiger partial charge in [0, 0.05) is 37.0 Å². The third kappa shape index (κ3) is 4.32. The summed E-state index contributed by atoms with van der Waals surface area (Å²) in [5.41, 5.74) is 4.65. The van der Waals surface area contributed by atoms with Crippen LogP contribution >= 0.6 is 0 Å². The molecule has 2 aliphatic heterocycles. The zero-order valence-electron chi connectivity index (χ0n) is 18.9. The van der Waals surface area contributed by atoms with Crippen LogP contribution in [0.15, 0.2) is 48.5 Å². The normalized spacial score (nSPS) is 22.6. The van der Waals surface area contributed by atoms with Gasteiger partial charge >= 0.3 is 12.2 Å². The van der Waals surface area contributed by atoms with E-state index in [9.17, 15) is 19.5 Å². The molecule has 0 spiro atoms. The fourth-order valence-corrected chi connectivity index (χ4v) is 5.83. The number of carboxylic acid groups (broad SMARTS) is 1. The smallest absolute Gasteiger partial charge is 0.407 e. The fraction of sp³-hybridized carbons (Fsp3) is 0.423. The molecule has 2 fully saturated rings. The summed E-state index contributed by atoms with van der Waals surface area (Å²) < 4.78 is 5.50. The first-order valence-electron chi connectivity index (χ1n) is 11.9. The minimum absolute atomic E-state index is 0.00603. The van der Waals surface area contributed by atoms with Crippen molar-refractivity contribution in [2.24, 2.45) is 0 Å². The Hall–Kier alpha value is -3.55. The number of ether oxygens (including phenoxy) is 1. The Morgan fingerprint density at radius 2 is 1.53 bits per heavy atom. The number of alkyl carbamates (subject to hydrolysis) is 1. The molecule has 0 radical (unpaired) electrons. The SMILES string of the molecule is O=C(CCNC(=O)OCC1c2ccccc2-c2ccccc21)NC1CC2CCC(C1)N2C(=O)O. The highest BCUT2D eigenvalue weighted by molar-refractivity contribution is 5.79. The zero-order chi connectivity index (χ0) is 23.7. The van der Waals surface area contributed by atoms with Crippen molar-refractivity contribution in [3.05, 3.63) is 59.7 Å². The number of rotatable bonds is 6. The molecule has 178 valence electrons. The van der Waals surface area contributed by atoms with E-state index in [0.717, 1.165) is 24.0 Å². The average molecular weight is 464 g/mol. The van der Waals surface area contributed by atoms with Gasteiger partial charge in [-0.05, 0) is 47.9 Å². The summed E-state index contributed by atoms with van der Waals surface area (Å²) in [7, 11) is 0. The van der Waals surface area contributed by atoms with E-state index in [-0.39, 0.29) is 49.5 Å². The maximum atomic E-state index is 12.4. The van der Waals surface area contributed by atoms with Crippen LogP contribution in [-0.4, -0.2) is 59.4 Å². The number of hydrogen-bond acceptors (Lipinski definition) is 4. The predicted octanol–water partition coefficient (Wildman–Crippen LogP) is 3.70. The second-order valence-corrected chi connectivity index (χ2v) is 9.31. The fourth-order valence-electron chi connectivity index (χ4n) is 5.83. The Balaban J connectivity index is 1.06. The van der Waals surface area contributed by atoms with Gasteiger partial charge in [0.25, 0.3) is 0 Å². The van der Waals surface area contributed by atoms with Crippen LogP contribution in [-0.2, 0) is 9.53 Å². The van der Waals surface area contributed by atoms with Crippen molar-refractivity contribution < 1.29 is 24.2 Å². The molecule has 2 unspecified atom stereocenters. The molecule has 34 heavy (non-hydrogen) atoms. The first kappa shape index (κ1) is 22.3. The highest BCUT2D eigenvalue weighted by Gasteiger charge is 2.43. The van der Waals surface area contributed by atoms with Gasteiger partial charge in [-0.15, -0.1) is 0 Å². The van der Waals surface area contributed by atoms with Gasteiger partial charge in [-0.1, -0.05) is 48.5 Å². The van der Waals surface area contributed by atoms with Gasteiger partial charge < -0.3 is 25.4 Å². The van der Waals surface area contributed by atoms with Crippen molar-refractivity contribution in [1.29, 1.82) is 0 Å². The minimum Gasteiger partial charge on any atom is -0.465 e.